The van der Waals surface area contributed by atoms with Crippen LogP contribution in [-0.4, -0.2) is 17.3 Å². The number of hydrogen-bond donors (Lipinski definition) is 1. The summed E-state index contributed by atoms with van der Waals surface area (Å²) in [5, 5.41) is 6.41. The quantitative estimate of drug-likeness (QED) is 0.848. The molecule has 1 aromatic carbocycles. The molecule has 0 aliphatic carbocycles. The first kappa shape index (κ1) is 11.7. The van der Waals surface area contributed by atoms with Crippen LogP contribution in [-0.2, 0) is 0 Å². The topological polar surface area (TPSA) is 55.1 Å². The fourth-order valence-electron chi connectivity index (χ4n) is 1.34. The summed E-state index contributed by atoms with van der Waals surface area (Å²) in [5.74, 6) is -0.0704. The third-order valence-corrected chi connectivity index (χ3v) is 2.94. The van der Waals surface area contributed by atoms with E-state index in [0.717, 1.165) is 10.6 Å². The molecular weight excluding hydrogens is 236 g/mol. The van der Waals surface area contributed by atoms with E-state index in [1.54, 1.807) is 24.8 Å². The maximum atomic E-state index is 11.7. The minimum absolute atomic E-state index is 0.219. The van der Waals surface area contributed by atoms with Gasteiger partial charge in [-0.2, -0.15) is 0 Å². The molecule has 0 fully saturated rings. The van der Waals surface area contributed by atoms with Gasteiger partial charge in [-0.25, -0.2) is 0 Å². The molecule has 0 radical (unpaired) electrons. The second kappa shape index (κ2) is 5.05. The highest BCUT2D eigenvalue weighted by Gasteiger charge is 2.11. The van der Waals surface area contributed by atoms with Crippen LogP contribution < -0.4 is 5.32 Å². The number of nitrogens with zero attached hydrogens (tertiary/aromatic N) is 1. The standard InChI is InChI=1S/C12H12N2O2S/c1-8-7-11(16-14-8)12(15)13-9-3-5-10(17-2)6-4-9/h3-7H,1-2H3,(H,13,15). The molecule has 1 heterocycles. The first-order valence-corrected chi connectivity index (χ1v) is 6.30. The van der Waals surface area contributed by atoms with Crippen LogP contribution in [0.4, 0.5) is 5.69 Å². The van der Waals surface area contributed by atoms with E-state index in [1.165, 1.54) is 0 Å². The molecule has 2 rings (SSSR count). The molecule has 0 spiro atoms. The number of anilines is 1. The second-order valence-electron chi connectivity index (χ2n) is 3.52. The van der Waals surface area contributed by atoms with Crippen molar-refractivity contribution in [2.75, 3.05) is 11.6 Å². The highest BCUT2D eigenvalue weighted by molar-refractivity contribution is 7.98. The molecule has 2 aromatic rings. The van der Waals surface area contributed by atoms with Gasteiger partial charge >= 0.3 is 0 Å². The minimum Gasteiger partial charge on any atom is -0.351 e. The molecule has 0 unspecified atom stereocenters. The van der Waals surface area contributed by atoms with E-state index in [0.29, 0.717) is 5.69 Å². The van der Waals surface area contributed by atoms with Crippen molar-refractivity contribution in [2.24, 2.45) is 0 Å². The normalized spacial score (nSPS) is 10.2. The maximum absolute atomic E-state index is 11.7. The number of aromatic nitrogens is 1. The van der Waals surface area contributed by atoms with Crippen LogP contribution in [0.2, 0.25) is 0 Å². The van der Waals surface area contributed by atoms with Crippen LogP contribution in [0, 0.1) is 6.92 Å². The lowest BCUT2D eigenvalue weighted by atomic mass is 10.3. The van der Waals surface area contributed by atoms with E-state index in [2.05, 4.69) is 10.5 Å². The number of rotatable bonds is 3. The molecular formula is C12H12N2O2S. The Labute approximate surface area is 103 Å². The molecule has 0 atom stereocenters. The van der Waals surface area contributed by atoms with E-state index in [-0.39, 0.29) is 11.7 Å². The summed E-state index contributed by atoms with van der Waals surface area (Å²) in [6.45, 7) is 1.77. The number of amides is 1. The van der Waals surface area contributed by atoms with Crippen molar-refractivity contribution in [3.05, 3.63) is 41.8 Å². The minimum atomic E-state index is -0.289. The Morgan fingerprint density at radius 2 is 2.06 bits per heavy atom. The summed E-state index contributed by atoms with van der Waals surface area (Å²) in [5.41, 5.74) is 1.43. The van der Waals surface area contributed by atoms with Crippen molar-refractivity contribution in [1.82, 2.24) is 5.16 Å². The molecule has 17 heavy (non-hydrogen) atoms. The summed E-state index contributed by atoms with van der Waals surface area (Å²) >= 11 is 1.65. The van der Waals surface area contributed by atoms with Gasteiger partial charge in [0.05, 0.1) is 5.69 Å². The van der Waals surface area contributed by atoms with Gasteiger partial charge in [0.2, 0.25) is 5.76 Å². The number of carbonyl (C=O) groups is 1. The van der Waals surface area contributed by atoms with Crippen molar-refractivity contribution in [3.8, 4) is 0 Å². The largest absolute Gasteiger partial charge is 0.351 e. The summed E-state index contributed by atoms with van der Waals surface area (Å²) in [6.07, 6.45) is 2.00. The number of benzene rings is 1. The van der Waals surface area contributed by atoms with Gasteiger partial charge in [0.15, 0.2) is 0 Å². The fourth-order valence-corrected chi connectivity index (χ4v) is 1.75. The van der Waals surface area contributed by atoms with Gasteiger partial charge in [-0.1, -0.05) is 5.16 Å². The summed E-state index contributed by atoms with van der Waals surface area (Å²) in [7, 11) is 0. The zero-order valence-electron chi connectivity index (χ0n) is 9.56. The van der Waals surface area contributed by atoms with Gasteiger partial charge in [0, 0.05) is 16.6 Å². The Morgan fingerprint density at radius 3 is 2.59 bits per heavy atom. The molecule has 1 aromatic heterocycles. The van der Waals surface area contributed by atoms with Crippen LogP contribution in [0.15, 0.2) is 39.8 Å². The average molecular weight is 248 g/mol. The lowest BCUT2D eigenvalue weighted by Crippen LogP contribution is -2.10. The molecule has 0 bridgehead atoms. The molecule has 0 saturated heterocycles. The highest BCUT2D eigenvalue weighted by Crippen LogP contribution is 2.18. The number of nitrogens with one attached hydrogen (secondary N) is 1. The van der Waals surface area contributed by atoms with Gasteiger partial charge in [-0.3, -0.25) is 4.79 Å². The van der Waals surface area contributed by atoms with Crippen molar-refractivity contribution in [2.45, 2.75) is 11.8 Å². The number of carbonyl (C=O) groups excluding carboxylic acids is 1. The Hall–Kier alpha value is -1.75. The van der Waals surface area contributed by atoms with Crippen molar-refractivity contribution in [3.63, 3.8) is 0 Å². The third kappa shape index (κ3) is 2.88. The van der Waals surface area contributed by atoms with Crippen molar-refractivity contribution >= 4 is 23.4 Å². The first-order chi connectivity index (χ1) is 8.19. The van der Waals surface area contributed by atoms with E-state index in [4.69, 9.17) is 4.52 Å². The lowest BCUT2D eigenvalue weighted by Gasteiger charge is -2.03. The molecule has 4 nitrogen and oxygen atoms in total. The van der Waals surface area contributed by atoms with Crippen LogP contribution >= 0.6 is 11.8 Å². The molecule has 1 amide bonds. The Morgan fingerprint density at radius 1 is 1.35 bits per heavy atom. The van der Waals surface area contributed by atoms with Gasteiger partial charge in [0.25, 0.3) is 5.91 Å². The van der Waals surface area contributed by atoms with E-state index < -0.39 is 0 Å². The molecule has 0 aliphatic rings. The first-order valence-electron chi connectivity index (χ1n) is 5.08. The summed E-state index contributed by atoms with van der Waals surface area (Å²) < 4.78 is 4.88. The van der Waals surface area contributed by atoms with Crippen LogP contribution in [0.25, 0.3) is 0 Å². The predicted octanol–water partition coefficient (Wildman–Crippen LogP) is 2.96. The van der Waals surface area contributed by atoms with Gasteiger partial charge in [-0.15, -0.1) is 11.8 Å². The monoisotopic (exact) mass is 248 g/mol. The second-order valence-corrected chi connectivity index (χ2v) is 4.39. The van der Waals surface area contributed by atoms with Gasteiger partial charge < -0.3 is 9.84 Å². The predicted molar refractivity (Wildman–Crippen MR) is 67.4 cm³/mol. The van der Waals surface area contributed by atoms with Crippen molar-refractivity contribution in [1.29, 1.82) is 0 Å². The SMILES string of the molecule is CSc1ccc(NC(=O)c2cc(C)no2)cc1. The molecule has 1 N–H and O–H groups in total. The Balaban J connectivity index is 2.07. The lowest BCUT2D eigenvalue weighted by molar-refractivity contribution is 0.0988. The third-order valence-electron chi connectivity index (χ3n) is 2.20. The van der Waals surface area contributed by atoms with Crippen LogP contribution in [0.3, 0.4) is 0 Å². The van der Waals surface area contributed by atoms with Gasteiger partial charge in [0.1, 0.15) is 0 Å². The van der Waals surface area contributed by atoms with Crippen LogP contribution in [0.1, 0.15) is 16.2 Å². The Bertz CT molecular complexity index is 520. The van der Waals surface area contributed by atoms with E-state index in [9.17, 15) is 4.79 Å². The number of hydrogen-bond acceptors (Lipinski definition) is 4. The molecule has 0 saturated carbocycles. The van der Waals surface area contributed by atoms with Crippen LogP contribution in [0.5, 0.6) is 0 Å². The zero-order chi connectivity index (χ0) is 12.3. The molecule has 5 heteroatoms. The maximum Gasteiger partial charge on any atom is 0.294 e. The number of aryl methyl sites for hydroxylation is 1. The summed E-state index contributed by atoms with van der Waals surface area (Å²) in [4.78, 5) is 12.9. The van der Waals surface area contributed by atoms with E-state index >= 15 is 0 Å². The zero-order valence-corrected chi connectivity index (χ0v) is 10.4. The Kier molecular flexibility index (Phi) is 3.49. The summed E-state index contributed by atoms with van der Waals surface area (Å²) in [6, 6.07) is 9.21. The fraction of sp³-hybridized carbons (Fsp3) is 0.167. The number of thioether (sulfide) groups is 1. The highest BCUT2D eigenvalue weighted by atomic mass is 32.2. The van der Waals surface area contributed by atoms with Gasteiger partial charge in [-0.05, 0) is 37.4 Å². The smallest absolute Gasteiger partial charge is 0.294 e. The molecule has 88 valence electrons. The average Bonchev–Trinajstić information content (AvgIpc) is 2.77. The van der Waals surface area contributed by atoms with Crippen molar-refractivity contribution < 1.29 is 9.32 Å². The molecule has 0 aliphatic heterocycles. The van der Waals surface area contributed by atoms with E-state index in [1.807, 2.05) is 30.5 Å².